The van der Waals surface area contributed by atoms with Crippen LogP contribution in [0.5, 0.6) is 0 Å². The van der Waals surface area contributed by atoms with E-state index in [4.69, 9.17) is 16.7 Å². The van der Waals surface area contributed by atoms with Crippen molar-refractivity contribution >= 4 is 28.5 Å². The van der Waals surface area contributed by atoms with Crippen LogP contribution in [0.4, 0.5) is 0 Å². The molecule has 0 saturated heterocycles. The lowest BCUT2D eigenvalue weighted by Crippen LogP contribution is -1.95. The Balaban J connectivity index is 2.77. The fraction of sp³-hybridized carbons (Fsp3) is 0. The molecule has 0 unspecified atom stereocenters. The highest BCUT2D eigenvalue weighted by Gasteiger charge is 2.07. The van der Waals surface area contributed by atoms with Crippen molar-refractivity contribution in [3.63, 3.8) is 0 Å². The van der Waals surface area contributed by atoms with Gasteiger partial charge in [-0.15, -0.1) is 0 Å². The average Bonchev–Trinajstić information content (AvgIpc) is 2.51. The quantitative estimate of drug-likeness (QED) is 0.735. The van der Waals surface area contributed by atoms with Gasteiger partial charge in [-0.25, -0.2) is 4.79 Å². The van der Waals surface area contributed by atoms with Crippen molar-refractivity contribution in [2.24, 2.45) is 0 Å². The Morgan fingerprint density at radius 2 is 2.23 bits per heavy atom. The van der Waals surface area contributed by atoms with E-state index in [9.17, 15) is 4.79 Å². The van der Waals surface area contributed by atoms with Gasteiger partial charge in [0.2, 0.25) is 0 Å². The van der Waals surface area contributed by atoms with Gasteiger partial charge in [0.15, 0.2) is 0 Å². The van der Waals surface area contributed by atoms with Crippen molar-refractivity contribution in [1.82, 2.24) is 4.98 Å². The Morgan fingerprint density at radius 3 is 2.92 bits per heavy atom. The van der Waals surface area contributed by atoms with Gasteiger partial charge in [0.25, 0.3) is 0 Å². The third-order valence-corrected chi connectivity index (χ3v) is 2.18. The fourth-order valence-electron chi connectivity index (χ4n) is 1.24. The molecule has 1 aromatic heterocycles. The number of fused-ring (bicyclic) bond motifs is 1. The first kappa shape index (κ1) is 8.13. The second-order valence-corrected chi connectivity index (χ2v) is 3.11. The smallest absolute Gasteiger partial charge is 0.335 e. The van der Waals surface area contributed by atoms with Crippen LogP contribution in [-0.2, 0) is 0 Å². The Labute approximate surface area is 78.9 Å². The zero-order valence-corrected chi connectivity index (χ0v) is 7.30. The number of carboxylic acids is 1. The van der Waals surface area contributed by atoms with Crippen LogP contribution in [0.3, 0.4) is 0 Å². The first-order chi connectivity index (χ1) is 6.18. The molecule has 0 saturated carbocycles. The Morgan fingerprint density at radius 1 is 1.46 bits per heavy atom. The number of H-pyrrole nitrogens is 1. The minimum absolute atomic E-state index is 0.194. The van der Waals surface area contributed by atoms with Crippen molar-refractivity contribution in [3.8, 4) is 0 Å². The van der Waals surface area contributed by atoms with Crippen LogP contribution < -0.4 is 0 Å². The largest absolute Gasteiger partial charge is 0.478 e. The second kappa shape index (κ2) is 2.78. The molecular weight excluding hydrogens is 190 g/mol. The number of carbonyl (C=O) groups is 1. The van der Waals surface area contributed by atoms with E-state index in [-0.39, 0.29) is 5.56 Å². The molecule has 66 valence electrons. The minimum Gasteiger partial charge on any atom is -0.478 e. The normalized spacial score (nSPS) is 10.5. The van der Waals surface area contributed by atoms with Crippen LogP contribution in [-0.4, -0.2) is 16.1 Å². The van der Waals surface area contributed by atoms with Crippen molar-refractivity contribution in [1.29, 1.82) is 0 Å². The van der Waals surface area contributed by atoms with Gasteiger partial charge in [0.05, 0.1) is 10.6 Å². The number of hydrogen-bond acceptors (Lipinski definition) is 1. The van der Waals surface area contributed by atoms with Gasteiger partial charge < -0.3 is 10.1 Å². The SMILES string of the molecule is O=C(O)c1cc(Cl)c2cc[nH]c2c1. The summed E-state index contributed by atoms with van der Waals surface area (Å²) in [5.74, 6) is -0.974. The number of nitrogens with one attached hydrogen (secondary N) is 1. The van der Waals surface area contributed by atoms with E-state index in [1.165, 1.54) is 6.07 Å². The summed E-state index contributed by atoms with van der Waals surface area (Å²) in [4.78, 5) is 13.6. The summed E-state index contributed by atoms with van der Waals surface area (Å²) in [5.41, 5.74) is 0.935. The summed E-state index contributed by atoms with van der Waals surface area (Å²) in [6.07, 6.45) is 1.72. The van der Waals surface area contributed by atoms with Gasteiger partial charge in [-0.1, -0.05) is 11.6 Å². The Bertz CT molecular complexity index is 475. The highest BCUT2D eigenvalue weighted by atomic mass is 35.5. The molecule has 3 nitrogen and oxygen atoms in total. The number of halogens is 1. The molecule has 0 spiro atoms. The Kier molecular flexibility index (Phi) is 1.74. The summed E-state index contributed by atoms with van der Waals surface area (Å²) in [7, 11) is 0. The predicted molar refractivity (Wildman–Crippen MR) is 50.3 cm³/mol. The first-order valence-corrected chi connectivity index (χ1v) is 4.06. The van der Waals surface area contributed by atoms with Crippen molar-refractivity contribution in [2.75, 3.05) is 0 Å². The molecular formula is C9H6ClNO2. The first-order valence-electron chi connectivity index (χ1n) is 3.68. The highest BCUT2D eigenvalue weighted by Crippen LogP contribution is 2.24. The number of rotatable bonds is 1. The topological polar surface area (TPSA) is 53.1 Å². The standard InChI is InChI=1S/C9H6ClNO2/c10-7-3-5(9(12)13)4-8-6(7)1-2-11-8/h1-4,11H,(H,12,13). The summed E-state index contributed by atoms with van der Waals surface area (Å²) in [5, 5.41) is 10.0. The van der Waals surface area contributed by atoms with Crippen molar-refractivity contribution in [2.45, 2.75) is 0 Å². The summed E-state index contributed by atoms with van der Waals surface area (Å²) >= 11 is 5.86. The van der Waals surface area contributed by atoms with Crippen LogP contribution in [0.1, 0.15) is 10.4 Å². The van der Waals surface area contributed by atoms with E-state index in [0.29, 0.717) is 5.02 Å². The fourth-order valence-corrected chi connectivity index (χ4v) is 1.53. The molecule has 2 N–H and O–H groups in total. The lowest BCUT2D eigenvalue weighted by Gasteiger charge is -1.97. The molecule has 0 aliphatic carbocycles. The monoisotopic (exact) mass is 195 g/mol. The summed E-state index contributed by atoms with van der Waals surface area (Å²) < 4.78 is 0. The van der Waals surface area contributed by atoms with E-state index in [1.807, 2.05) is 6.07 Å². The van der Waals surface area contributed by atoms with Crippen LogP contribution >= 0.6 is 11.6 Å². The number of aromatic nitrogens is 1. The average molecular weight is 196 g/mol. The lowest BCUT2D eigenvalue weighted by atomic mass is 10.2. The van der Waals surface area contributed by atoms with Gasteiger partial charge >= 0.3 is 5.97 Å². The van der Waals surface area contributed by atoms with Gasteiger partial charge in [-0.05, 0) is 18.2 Å². The van der Waals surface area contributed by atoms with Crippen molar-refractivity contribution in [3.05, 3.63) is 35.0 Å². The number of hydrogen-bond donors (Lipinski definition) is 2. The molecule has 0 aliphatic heterocycles. The predicted octanol–water partition coefficient (Wildman–Crippen LogP) is 2.52. The van der Waals surface area contributed by atoms with Crippen LogP contribution in [0.2, 0.25) is 5.02 Å². The molecule has 4 heteroatoms. The van der Waals surface area contributed by atoms with E-state index in [0.717, 1.165) is 10.9 Å². The maximum atomic E-state index is 10.6. The van der Waals surface area contributed by atoms with Gasteiger partial charge in [0, 0.05) is 17.1 Å². The van der Waals surface area contributed by atoms with E-state index in [1.54, 1.807) is 12.3 Å². The molecule has 0 bridgehead atoms. The van der Waals surface area contributed by atoms with Crippen LogP contribution in [0.15, 0.2) is 24.4 Å². The molecule has 2 aromatic rings. The third kappa shape index (κ3) is 1.27. The van der Waals surface area contributed by atoms with Gasteiger partial charge in [-0.2, -0.15) is 0 Å². The molecule has 1 aromatic carbocycles. The number of carboxylic acid groups (broad SMARTS) is 1. The lowest BCUT2D eigenvalue weighted by molar-refractivity contribution is 0.0697. The van der Waals surface area contributed by atoms with Crippen LogP contribution in [0, 0.1) is 0 Å². The van der Waals surface area contributed by atoms with Gasteiger partial charge in [0.1, 0.15) is 0 Å². The van der Waals surface area contributed by atoms with E-state index < -0.39 is 5.97 Å². The molecule has 2 rings (SSSR count). The minimum atomic E-state index is -0.974. The number of benzene rings is 1. The van der Waals surface area contributed by atoms with Crippen molar-refractivity contribution < 1.29 is 9.90 Å². The molecule has 0 radical (unpaired) electrons. The second-order valence-electron chi connectivity index (χ2n) is 2.70. The Hall–Kier alpha value is -1.48. The molecule has 0 aliphatic rings. The van der Waals surface area contributed by atoms with E-state index >= 15 is 0 Å². The maximum Gasteiger partial charge on any atom is 0.335 e. The summed E-state index contributed by atoms with van der Waals surface area (Å²) in [6, 6.07) is 4.81. The van der Waals surface area contributed by atoms with Gasteiger partial charge in [-0.3, -0.25) is 0 Å². The zero-order valence-electron chi connectivity index (χ0n) is 6.54. The van der Waals surface area contributed by atoms with Crippen LogP contribution in [0.25, 0.3) is 10.9 Å². The van der Waals surface area contributed by atoms with E-state index in [2.05, 4.69) is 4.98 Å². The highest BCUT2D eigenvalue weighted by molar-refractivity contribution is 6.35. The molecule has 0 fully saturated rings. The number of aromatic carboxylic acids is 1. The number of aromatic amines is 1. The molecule has 13 heavy (non-hydrogen) atoms. The zero-order chi connectivity index (χ0) is 9.42. The molecule has 1 heterocycles. The summed E-state index contributed by atoms with van der Waals surface area (Å²) in [6.45, 7) is 0. The third-order valence-electron chi connectivity index (χ3n) is 1.87. The maximum absolute atomic E-state index is 10.6. The molecule has 0 atom stereocenters. The molecule has 0 amide bonds.